The van der Waals surface area contributed by atoms with Crippen molar-refractivity contribution in [3.8, 4) is 11.5 Å². The molecule has 2 rings (SSSR count). The van der Waals surface area contributed by atoms with E-state index in [4.69, 9.17) is 16.3 Å². The molecule has 0 atom stereocenters. The molecular formula is C16H17ClN2O2. The van der Waals surface area contributed by atoms with Gasteiger partial charge < -0.3 is 15.0 Å². The molecule has 0 saturated heterocycles. The van der Waals surface area contributed by atoms with Gasteiger partial charge in [-0.2, -0.15) is 0 Å². The van der Waals surface area contributed by atoms with Crippen LogP contribution in [-0.4, -0.2) is 31.4 Å². The van der Waals surface area contributed by atoms with Crippen molar-refractivity contribution in [3.05, 3.63) is 53.6 Å². The number of hydrogen-bond donors (Lipinski definition) is 1. The van der Waals surface area contributed by atoms with E-state index in [0.29, 0.717) is 16.5 Å². The second kappa shape index (κ2) is 6.99. The van der Waals surface area contributed by atoms with Gasteiger partial charge in [0.1, 0.15) is 5.75 Å². The van der Waals surface area contributed by atoms with Gasteiger partial charge in [-0.1, -0.05) is 29.8 Å². The molecule has 2 aromatic carbocycles. The first-order chi connectivity index (χ1) is 10.1. The van der Waals surface area contributed by atoms with Crippen LogP contribution in [0.5, 0.6) is 11.5 Å². The number of para-hydroxylation sites is 1. The quantitative estimate of drug-likeness (QED) is 0.917. The second-order valence-electron chi connectivity index (χ2n) is 4.70. The lowest BCUT2D eigenvalue weighted by Crippen LogP contribution is -2.28. The largest absolute Gasteiger partial charge is 0.455 e. The minimum Gasteiger partial charge on any atom is -0.455 e. The predicted molar refractivity (Wildman–Crippen MR) is 85.2 cm³/mol. The highest BCUT2D eigenvalue weighted by Gasteiger charge is 2.09. The first-order valence-electron chi connectivity index (χ1n) is 6.53. The Labute approximate surface area is 129 Å². The maximum Gasteiger partial charge on any atom is 0.241 e. The van der Waals surface area contributed by atoms with Gasteiger partial charge in [0, 0.05) is 19.1 Å². The van der Waals surface area contributed by atoms with Gasteiger partial charge in [-0.05, 0) is 30.3 Å². The fourth-order valence-corrected chi connectivity index (χ4v) is 1.85. The van der Waals surface area contributed by atoms with E-state index in [9.17, 15) is 4.79 Å². The van der Waals surface area contributed by atoms with Crippen molar-refractivity contribution in [3.63, 3.8) is 0 Å². The summed E-state index contributed by atoms with van der Waals surface area (Å²) in [6, 6.07) is 14.7. The van der Waals surface area contributed by atoms with Gasteiger partial charge in [0.05, 0.1) is 12.2 Å². The molecule has 0 spiro atoms. The first-order valence-corrected chi connectivity index (χ1v) is 6.90. The van der Waals surface area contributed by atoms with E-state index in [-0.39, 0.29) is 12.5 Å². The number of halogens is 1. The lowest BCUT2D eigenvalue weighted by atomic mass is 10.2. The van der Waals surface area contributed by atoms with Crippen molar-refractivity contribution in [1.29, 1.82) is 0 Å². The van der Waals surface area contributed by atoms with Crippen molar-refractivity contribution in [2.75, 3.05) is 26.0 Å². The van der Waals surface area contributed by atoms with Crippen molar-refractivity contribution >= 4 is 23.2 Å². The minimum atomic E-state index is -0.0272. The number of likely N-dealkylation sites (N-methyl/N-ethyl adjacent to an activating group) is 1. The molecular weight excluding hydrogens is 288 g/mol. The molecule has 110 valence electrons. The highest BCUT2D eigenvalue weighted by atomic mass is 35.5. The molecule has 4 nitrogen and oxygen atoms in total. The normalized spacial score (nSPS) is 10.0. The molecule has 21 heavy (non-hydrogen) atoms. The summed E-state index contributed by atoms with van der Waals surface area (Å²) < 4.78 is 5.81. The van der Waals surface area contributed by atoms with Crippen LogP contribution >= 0.6 is 11.6 Å². The molecule has 0 aliphatic rings. The third kappa shape index (κ3) is 4.39. The van der Waals surface area contributed by atoms with Crippen LogP contribution in [0, 0.1) is 0 Å². The van der Waals surface area contributed by atoms with Crippen LogP contribution in [0.15, 0.2) is 48.5 Å². The Bertz CT molecular complexity index is 615. The summed E-state index contributed by atoms with van der Waals surface area (Å²) in [7, 11) is 3.42. The minimum absolute atomic E-state index is 0.0272. The number of hydrogen-bond acceptors (Lipinski definition) is 3. The fourth-order valence-electron chi connectivity index (χ4n) is 1.67. The number of amides is 1. The second-order valence-corrected chi connectivity index (χ2v) is 5.13. The van der Waals surface area contributed by atoms with Crippen LogP contribution in [0.2, 0.25) is 5.02 Å². The van der Waals surface area contributed by atoms with E-state index in [0.717, 1.165) is 5.75 Å². The Morgan fingerprint density at radius 1 is 1.19 bits per heavy atom. The zero-order valence-electron chi connectivity index (χ0n) is 12.0. The molecule has 0 aliphatic carbocycles. The zero-order chi connectivity index (χ0) is 15.2. The Hall–Kier alpha value is -2.20. The van der Waals surface area contributed by atoms with Crippen LogP contribution in [0.1, 0.15) is 0 Å². The van der Waals surface area contributed by atoms with Gasteiger partial charge in [-0.25, -0.2) is 0 Å². The van der Waals surface area contributed by atoms with Crippen molar-refractivity contribution in [2.45, 2.75) is 0 Å². The topological polar surface area (TPSA) is 41.6 Å². The number of ether oxygens (including phenoxy) is 1. The number of nitrogens with zero attached hydrogens (tertiary/aromatic N) is 1. The van der Waals surface area contributed by atoms with Crippen LogP contribution in [0.25, 0.3) is 0 Å². The van der Waals surface area contributed by atoms with Gasteiger partial charge >= 0.3 is 0 Å². The van der Waals surface area contributed by atoms with Gasteiger partial charge in [-0.3, -0.25) is 4.79 Å². The van der Waals surface area contributed by atoms with E-state index in [1.807, 2.05) is 30.3 Å². The molecule has 0 bridgehead atoms. The molecule has 1 amide bonds. The number of nitrogens with one attached hydrogen (secondary N) is 1. The molecule has 0 unspecified atom stereocenters. The van der Waals surface area contributed by atoms with Gasteiger partial charge in [0.15, 0.2) is 5.75 Å². The van der Waals surface area contributed by atoms with Crippen molar-refractivity contribution in [2.24, 2.45) is 0 Å². The van der Waals surface area contributed by atoms with Gasteiger partial charge in [0.2, 0.25) is 5.91 Å². The van der Waals surface area contributed by atoms with E-state index in [1.54, 1.807) is 32.3 Å². The van der Waals surface area contributed by atoms with E-state index in [1.165, 1.54) is 4.90 Å². The first kappa shape index (κ1) is 15.2. The maximum atomic E-state index is 11.7. The van der Waals surface area contributed by atoms with Crippen LogP contribution in [0.3, 0.4) is 0 Å². The smallest absolute Gasteiger partial charge is 0.241 e. The fraction of sp³-hybridized carbons (Fsp3) is 0.188. The summed E-state index contributed by atoms with van der Waals surface area (Å²) in [5.74, 6) is 1.32. The maximum absolute atomic E-state index is 11.7. The Kier molecular flexibility index (Phi) is 5.06. The summed E-state index contributed by atoms with van der Waals surface area (Å²) in [5, 5.41) is 3.63. The number of benzene rings is 2. The highest BCUT2D eigenvalue weighted by Crippen LogP contribution is 2.31. The average molecular weight is 305 g/mol. The molecule has 2 aromatic rings. The van der Waals surface area contributed by atoms with Crippen LogP contribution in [0.4, 0.5) is 5.69 Å². The molecule has 0 heterocycles. The number of carbonyl (C=O) groups excluding carboxylic acids is 1. The van der Waals surface area contributed by atoms with E-state index < -0.39 is 0 Å². The Morgan fingerprint density at radius 3 is 2.57 bits per heavy atom. The van der Waals surface area contributed by atoms with E-state index in [2.05, 4.69) is 5.32 Å². The molecule has 0 saturated carbocycles. The molecule has 0 radical (unpaired) electrons. The summed E-state index contributed by atoms with van der Waals surface area (Å²) in [6.45, 7) is 0.179. The van der Waals surface area contributed by atoms with Crippen LogP contribution < -0.4 is 10.1 Å². The molecule has 0 fully saturated rings. The monoisotopic (exact) mass is 304 g/mol. The van der Waals surface area contributed by atoms with Crippen molar-refractivity contribution < 1.29 is 9.53 Å². The molecule has 0 aromatic heterocycles. The number of anilines is 1. The third-order valence-electron chi connectivity index (χ3n) is 2.84. The number of rotatable bonds is 5. The van der Waals surface area contributed by atoms with Gasteiger partial charge in [0.25, 0.3) is 0 Å². The lowest BCUT2D eigenvalue weighted by Gasteiger charge is -2.15. The summed E-state index contributed by atoms with van der Waals surface area (Å²) in [6.07, 6.45) is 0. The van der Waals surface area contributed by atoms with Gasteiger partial charge in [-0.15, -0.1) is 0 Å². The molecule has 1 N–H and O–H groups in total. The average Bonchev–Trinajstić information content (AvgIpc) is 2.48. The van der Waals surface area contributed by atoms with Crippen molar-refractivity contribution in [1.82, 2.24) is 4.90 Å². The predicted octanol–water partition coefficient (Wildman–Crippen LogP) is 3.63. The molecule has 0 aliphatic heterocycles. The zero-order valence-corrected chi connectivity index (χ0v) is 12.7. The highest BCUT2D eigenvalue weighted by molar-refractivity contribution is 6.30. The standard InChI is InChI=1S/C16H17ClN2O2/c1-19(2)16(20)11-18-14-10-12(17)8-9-15(14)21-13-6-4-3-5-7-13/h3-10,18H,11H2,1-2H3. The third-order valence-corrected chi connectivity index (χ3v) is 3.08. The summed E-state index contributed by atoms with van der Waals surface area (Å²) in [5.41, 5.74) is 0.682. The SMILES string of the molecule is CN(C)C(=O)CNc1cc(Cl)ccc1Oc1ccccc1. The number of carbonyl (C=O) groups is 1. The summed E-state index contributed by atoms with van der Waals surface area (Å²) in [4.78, 5) is 13.2. The molecule has 5 heteroatoms. The summed E-state index contributed by atoms with van der Waals surface area (Å²) >= 11 is 6.01. The van der Waals surface area contributed by atoms with Crippen LogP contribution in [-0.2, 0) is 4.79 Å². The lowest BCUT2D eigenvalue weighted by molar-refractivity contribution is -0.126. The van der Waals surface area contributed by atoms with E-state index >= 15 is 0 Å². The Balaban J connectivity index is 2.15. The Morgan fingerprint density at radius 2 is 1.90 bits per heavy atom.